The first-order valence-corrected chi connectivity index (χ1v) is 7.66. The number of rotatable bonds is 5. The minimum atomic E-state index is -0.134. The van der Waals surface area contributed by atoms with Gasteiger partial charge in [0.2, 0.25) is 0 Å². The molecule has 20 heavy (non-hydrogen) atoms. The quantitative estimate of drug-likeness (QED) is 0.805. The van der Waals surface area contributed by atoms with Crippen molar-refractivity contribution in [3.05, 3.63) is 33.7 Å². The zero-order valence-electron chi connectivity index (χ0n) is 11.8. The van der Waals surface area contributed by atoms with E-state index in [-0.39, 0.29) is 11.0 Å². The molecule has 1 fully saturated rings. The molecule has 1 aromatic rings. The largest absolute Gasteiger partial charge is 0.382 e. The Morgan fingerprint density at radius 2 is 2.30 bits per heavy atom. The van der Waals surface area contributed by atoms with Crippen molar-refractivity contribution < 1.29 is 0 Å². The van der Waals surface area contributed by atoms with Crippen molar-refractivity contribution >= 4 is 21.6 Å². The number of piperidine rings is 1. The van der Waals surface area contributed by atoms with Gasteiger partial charge < -0.3 is 10.6 Å². The van der Waals surface area contributed by atoms with Crippen LogP contribution in [-0.4, -0.2) is 29.4 Å². The van der Waals surface area contributed by atoms with E-state index < -0.39 is 0 Å². The van der Waals surface area contributed by atoms with Crippen LogP contribution in [0.4, 0.5) is 5.69 Å². The van der Waals surface area contributed by atoms with Crippen LogP contribution < -0.4 is 16.2 Å². The molecular formula is C14H21BrN4O. The highest BCUT2D eigenvalue weighted by Gasteiger charge is 2.26. The van der Waals surface area contributed by atoms with Crippen LogP contribution in [0.1, 0.15) is 19.8 Å². The van der Waals surface area contributed by atoms with E-state index >= 15 is 0 Å². The van der Waals surface area contributed by atoms with E-state index in [9.17, 15) is 4.79 Å². The average molecular weight is 341 g/mol. The maximum Gasteiger partial charge on any atom is 0.283 e. The summed E-state index contributed by atoms with van der Waals surface area (Å²) in [5, 5.41) is 10.9. The van der Waals surface area contributed by atoms with Gasteiger partial charge in [0.1, 0.15) is 4.47 Å². The second-order valence-electron chi connectivity index (χ2n) is 5.56. The minimum absolute atomic E-state index is 0.134. The second kappa shape index (κ2) is 6.54. The lowest BCUT2D eigenvalue weighted by Gasteiger charge is -2.34. The molecule has 0 aromatic carbocycles. The third kappa shape index (κ3) is 3.49. The number of allylic oxidation sites excluding steroid dienone is 1. The first-order valence-electron chi connectivity index (χ1n) is 6.87. The first-order chi connectivity index (χ1) is 9.56. The van der Waals surface area contributed by atoms with Gasteiger partial charge in [-0.25, -0.2) is 4.68 Å². The first kappa shape index (κ1) is 15.3. The smallest absolute Gasteiger partial charge is 0.283 e. The summed E-state index contributed by atoms with van der Waals surface area (Å²) in [6.45, 7) is 9.27. The Balaban J connectivity index is 2.08. The molecule has 0 spiro atoms. The third-order valence-corrected chi connectivity index (χ3v) is 4.57. The van der Waals surface area contributed by atoms with Crippen LogP contribution in [0.5, 0.6) is 0 Å². The van der Waals surface area contributed by atoms with Crippen molar-refractivity contribution in [3.63, 3.8) is 0 Å². The number of nitrogens with one attached hydrogen (secondary N) is 2. The molecule has 0 amide bonds. The highest BCUT2D eigenvalue weighted by Crippen LogP contribution is 2.29. The predicted molar refractivity (Wildman–Crippen MR) is 85.1 cm³/mol. The molecule has 110 valence electrons. The van der Waals surface area contributed by atoms with Gasteiger partial charge in [-0.2, -0.15) is 5.10 Å². The van der Waals surface area contributed by atoms with Crippen LogP contribution in [0.15, 0.2) is 28.1 Å². The van der Waals surface area contributed by atoms with Gasteiger partial charge in [0.25, 0.3) is 5.56 Å². The van der Waals surface area contributed by atoms with Crippen LogP contribution >= 0.6 is 15.9 Å². The van der Waals surface area contributed by atoms with Crippen molar-refractivity contribution in [2.24, 2.45) is 5.41 Å². The summed E-state index contributed by atoms with van der Waals surface area (Å²) >= 11 is 3.36. The Labute approximate surface area is 127 Å². The fraction of sp³-hybridized carbons (Fsp3) is 0.571. The van der Waals surface area contributed by atoms with E-state index in [4.69, 9.17) is 0 Å². The fourth-order valence-corrected chi connectivity index (χ4v) is 2.80. The monoisotopic (exact) mass is 340 g/mol. The molecule has 1 aromatic heterocycles. The number of anilines is 1. The van der Waals surface area contributed by atoms with Gasteiger partial charge in [0.15, 0.2) is 0 Å². The summed E-state index contributed by atoms with van der Waals surface area (Å²) in [5.41, 5.74) is 0.890. The van der Waals surface area contributed by atoms with Gasteiger partial charge in [-0.05, 0) is 47.3 Å². The highest BCUT2D eigenvalue weighted by atomic mass is 79.9. The predicted octanol–water partition coefficient (Wildman–Crippen LogP) is 1.99. The maximum atomic E-state index is 12.1. The van der Waals surface area contributed by atoms with Crippen molar-refractivity contribution in [3.8, 4) is 0 Å². The van der Waals surface area contributed by atoms with Crippen LogP contribution in [-0.2, 0) is 6.54 Å². The van der Waals surface area contributed by atoms with E-state index in [1.54, 1.807) is 12.3 Å². The molecule has 0 atom stereocenters. The molecule has 0 radical (unpaired) electrons. The molecule has 2 N–H and O–H groups in total. The van der Waals surface area contributed by atoms with Crippen molar-refractivity contribution in [1.29, 1.82) is 0 Å². The molecule has 2 rings (SSSR count). The number of hydrogen-bond acceptors (Lipinski definition) is 4. The molecule has 0 saturated carbocycles. The molecular weight excluding hydrogens is 320 g/mol. The lowest BCUT2D eigenvalue weighted by atomic mass is 9.81. The Bertz CT molecular complexity index is 534. The highest BCUT2D eigenvalue weighted by molar-refractivity contribution is 9.10. The topological polar surface area (TPSA) is 59.0 Å². The van der Waals surface area contributed by atoms with Gasteiger partial charge >= 0.3 is 0 Å². The van der Waals surface area contributed by atoms with E-state index in [1.807, 2.05) is 0 Å². The Kier molecular flexibility index (Phi) is 4.99. The third-order valence-electron chi connectivity index (χ3n) is 3.80. The zero-order chi connectivity index (χ0) is 14.6. The summed E-state index contributed by atoms with van der Waals surface area (Å²) in [6.07, 6.45) is 5.63. The van der Waals surface area contributed by atoms with Crippen LogP contribution in [0, 0.1) is 5.41 Å². The minimum Gasteiger partial charge on any atom is -0.382 e. The lowest BCUT2D eigenvalue weighted by Crippen LogP contribution is -2.39. The molecule has 1 saturated heterocycles. The van der Waals surface area contributed by atoms with Crippen molar-refractivity contribution in [2.45, 2.75) is 26.3 Å². The standard InChI is InChI=1S/C14H21BrN4O/c1-3-8-19-13(20)12(15)11(9-18-19)17-10-14(2)4-6-16-7-5-14/h3,9,16-17H,1,4-8,10H2,2H3. The zero-order valence-corrected chi connectivity index (χ0v) is 13.4. The molecule has 0 aliphatic carbocycles. The molecule has 1 aliphatic rings. The number of nitrogens with zero attached hydrogens (tertiary/aromatic N) is 2. The van der Waals surface area contributed by atoms with Crippen LogP contribution in [0.3, 0.4) is 0 Å². The summed E-state index contributed by atoms with van der Waals surface area (Å²) in [4.78, 5) is 12.1. The summed E-state index contributed by atoms with van der Waals surface area (Å²) in [6, 6.07) is 0. The lowest BCUT2D eigenvalue weighted by molar-refractivity contribution is 0.247. The summed E-state index contributed by atoms with van der Waals surface area (Å²) in [7, 11) is 0. The van der Waals surface area contributed by atoms with Crippen molar-refractivity contribution in [1.82, 2.24) is 15.1 Å². The SMILES string of the molecule is C=CCn1ncc(NCC2(C)CCNCC2)c(Br)c1=O. The van der Waals surface area contributed by atoms with E-state index in [1.165, 1.54) is 4.68 Å². The van der Waals surface area contributed by atoms with Gasteiger partial charge in [-0.15, -0.1) is 6.58 Å². The van der Waals surface area contributed by atoms with E-state index in [0.29, 0.717) is 11.0 Å². The van der Waals surface area contributed by atoms with Gasteiger partial charge in [-0.3, -0.25) is 4.79 Å². The molecule has 0 unspecified atom stereocenters. The Morgan fingerprint density at radius 1 is 1.60 bits per heavy atom. The van der Waals surface area contributed by atoms with Gasteiger partial charge in [0.05, 0.1) is 18.4 Å². The average Bonchev–Trinajstić information content (AvgIpc) is 2.44. The van der Waals surface area contributed by atoms with E-state index in [0.717, 1.165) is 38.2 Å². The summed E-state index contributed by atoms with van der Waals surface area (Å²) in [5.74, 6) is 0. The van der Waals surface area contributed by atoms with Gasteiger partial charge in [-0.1, -0.05) is 13.0 Å². The molecule has 5 nitrogen and oxygen atoms in total. The Hall–Kier alpha value is -1.14. The van der Waals surface area contributed by atoms with E-state index in [2.05, 4.69) is 45.2 Å². The molecule has 0 bridgehead atoms. The number of aromatic nitrogens is 2. The Morgan fingerprint density at radius 3 is 2.95 bits per heavy atom. The molecule has 6 heteroatoms. The normalized spacial score (nSPS) is 17.7. The number of hydrogen-bond donors (Lipinski definition) is 2. The number of halogens is 1. The second-order valence-corrected chi connectivity index (χ2v) is 6.36. The van der Waals surface area contributed by atoms with Gasteiger partial charge in [0, 0.05) is 6.54 Å². The van der Waals surface area contributed by atoms with Crippen LogP contribution in [0.2, 0.25) is 0 Å². The molecule has 2 heterocycles. The van der Waals surface area contributed by atoms with Crippen molar-refractivity contribution in [2.75, 3.05) is 25.0 Å². The summed E-state index contributed by atoms with van der Waals surface area (Å²) < 4.78 is 1.92. The molecule has 1 aliphatic heterocycles. The maximum absolute atomic E-state index is 12.1. The van der Waals surface area contributed by atoms with Crippen LogP contribution in [0.25, 0.3) is 0 Å². The fourth-order valence-electron chi connectivity index (χ4n) is 2.36.